The summed E-state index contributed by atoms with van der Waals surface area (Å²) in [4.78, 5) is 16.0. The summed E-state index contributed by atoms with van der Waals surface area (Å²) in [5, 5.41) is 9.40. The molecular weight excluding hydrogens is 436 g/mol. The van der Waals surface area contributed by atoms with Crippen molar-refractivity contribution in [2.24, 2.45) is 0 Å². The Kier molecular flexibility index (Phi) is 6.18. The van der Waals surface area contributed by atoms with Gasteiger partial charge in [-0.25, -0.2) is 0 Å². The van der Waals surface area contributed by atoms with Gasteiger partial charge in [-0.15, -0.1) is 10.2 Å². The first-order valence-electron chi connectivity index (χ1n) is 10.5. The van der Waals surface area contributed by atoms with Crippen molar-refractivity contribution in [1.82, 2.24) is 19.5 Å². The molecule has 3 aromatic carbocycles. The van der Waals surface area contributed by atoms with Crippen molar-refractivity contribution < 1.29 is 4.79 Å². The lowest BCUT2D eigenvalue weighted by atomic mass is 10.1. The Hall–Kier alpha value is -3.16. The van der Waals surface area contributed by atoms with Crippen LogP contribution in [0.15, 0.2) is 90.1 Å². The molecule has 0 saturated heterocycles. The van der Waals surface area contributed by atoms with Crippen molar-refractivity contribution in [3.05, 3.63) is 96.1 Å². The number of hydrogen-bond donors (Lipinski definition) is 0. The van der Waals surface area contributed by atoms with Gasteiger partial charge in [0, 0.05) is 13.1 Å². The van der Waals surface area contributed by atoms with Gasteiger partial charge >= 0.3 is 0 Å². The third-order valence-electron chi connectivity index (χ3n) is 5.32. The Labute approximate surface area is 194 Å². The van der Waals surface area contributed by atoms with Crippen LogP contribution in [-0.2, 0) is 17.8 Å². The molecule has 0 unspecified atom stereocenters. The van der Waals surface area contributed by atoms with Crippen LogP contribution in [0.4, 0.5) is 0 Å². The highest BCUT2D eigenvalue weighted by Gasteiger charge is 2.18. The number of para-hydroxylation sites is 1. The first kappa shape index (κ1) is 20.7. The average molecular weight is 459 g/mol. The van der Waals surface area contributed by atoms with E-state index in [1.165, 1.54) is 22.0 Å². The molecule has 0 fully saturated rings. The van der Waals surface area contributed by atoms with Crippen molar-refractivity contribution >= 4 is 44.2 Å². The summed E-state index contributed by atoms with van der Waals surface area (Å²) < 4.78 is 3.21. The van der Waals surface area contributed by atoms with Gasteiger partial charge in [-0.3, -0.25) is 9.20 Å². The number of amides is 1. The van der Waals surface area contributed by atoms with Gasteiger partial charge in [0.15, 0.2) is 5.16 Å². The molecule has 0 N–H and O–H groups in total. The van der Waals surface area contributed by atoms with Crippen molar-refractivity contribution in [2.75, 3.05) is 12.3 Å². The Morgan fingerprint density at radius 1 is 0.875 bits per heavy atom. The zero-order chi connectivity index (χ0) is 21.8. The van der Waals surface area contributed by atoms with E-state index in [2.05, 4.69) is 46.6 Å². The van der Waals surface area contributed by atoms with Crippen LogP contribution in [0, 0.1) is 0 Å². The summed E-state index contributed by atoms with van der Waals surface area (Å²) in [5.74, 6) is 0.429. The molecule has 0 aliphatic rings. The van der Waals surface area contributed by atoms with Gasteiger partial charge in [-0.05, 0) is 29.7 Å². The summed E-state index contributed by atoms with van der Waals surface area (Å²) >= 11 is 3.06. The number of benzene rings is 3. The van der Waals surface area contributed by atoms with Crippen LogP contribution in [-0.4, -0.2) is 37.7 Å². The standard InChI is InChI=1S/C25H22N4OS2/c30-23(18-31-24-26-27-25-29(24)21-13-7-8-14-22(21)32-25)28(17-20-11-5-2-6-12-20)16-15-19-9-3-1-4-10-19/h1-14H,15-18H2. The monoisotopic (exact) mass is 458 g/mol. The van der Waals surface area contributed by atoms with E-state index in [1.54, 1.807) is 11.3 Å². The topological polar surface area (TPSA) is 50.5 Å². The Morgan fingerprint density at radius 2 is 1.56 bits per heavy atom. The number of thioether (sulfide) groups is 1. The molecule has 2 aromatic heterocycles. The number of aromatic nitrogens is 3. The molecule has 0 radical (unpaired) electrons. The SMILES string of the molecule is O=C(CSc1nnc2sc3ccccc3n12)N(CCc1ccccc1)Cc1ccccc1. The maximum Gasteiger partial charge on any atom is 0.233 e. The Morgan fingerprint density at radius 3 is 2.34 bits per heavy atom. The van der Waals surface area contributed by atoms with Crippen molar-refractivity contribution in [3.63, 3.8) is 0 Å². The van der Waals surface area contributed by atoms with Crippen LogP contribution in [0.25, 0.3) is 15.2 Å². The zero-order valence-electron chi connectivity index (χ0n) is 17.4. The third-order valence-corrected chi connectivity index (χ3v) is 7.24. The number of hydrogen-bond acceptors (Lipinski definition) is 5. The molecule has 160 valence electrons. The second-order valence-electron chi connectivity index (χ2n) is 7.50. The van der Waals surface area contributed by atoms with E-state index in [4.69, 9.17) is 0 Å². The molecule has 0 aliphatic heterocycles. The lowest BCUT2D eigenvalue weighted by molar-refractivity contribution is -0.128. The molecule has 2 heterocycles. The van der Waals surface area contributed by atoms with Crippen LogP contribution in [0.1, 0.15) is 11.1 Å². The van der Waals surface area contributed by atoms with E-state index >= 15 is 0 Å². The summed E-state index contributed by atoms with van der Waals surface area (Å²) in [6.45, 7) is 1.28. The lowest BCUT2D eigenvalue weighted by Gasteiger charge is -2.23. The van der Waals surface area contributed by atoms with Gasteiger partial charge in [-0.1, -0.05) is 95.9 Å². The molecule has 7 heteroatoms. The maximum atomic E-state index is 13.3. The molecule has 1 amide bonds. The second kappa shape index (κ2) is 9.54. The van der Waals surface area contributed by atoms with Crippen LogP contribution in [0.5, 0.6) is 0 Å². The Balaban J connectivity index is 1.32. The smallest absolute Gasteiger partial charge is 0.233 e. The summed E-state index contributed by atoms with van der Waals surface area (Å²) in [6, 6.07) is 28.6. The third kappa shape index (κ3) is 4.54. The number of carbonyl (C=O) groups excluding carboxylic acids is 1. The summed E-state index contributed by atoms with van der Waals surface area (Å²) in [7, 11) is 0. The summed E-state index contributed by atoms with van der Waals surface area (Å²) in [6.07, 6.45) is 0.828. The van der Waals surface area contributed by atoms with Crippen LogP contribution < -0.4 is 0 Å². The molecule has 5 nitrogen and oxygen atoms in total. The van der Waals surface area contributed by atoms with Gasteiger partial charge in [0.1, 0.15) is 0 Å². The Bertz CT molecular complexity index is 1330. The largest absolute Gasteiger partial charge is 0.337 e. The highest BCUT2D eigenvalue weighted by Crippen LogP contribution is 2.29. The number of fused-ring (bicyclic) bond motifs is 3. The normalized spacial score (nSPS) is 11.2. The maximum absolute atomic E-state index is 13.3. The number of rotatable bonds is 8. The first-order valence-corrected chi connectivity index (χ1v) is 12.3. The zero-order valence-corrected chi connectivity index (χ0v) is 19.1. The van der Waals surface area contributed by atoms with E-state index in [1.807, 2.05) is 57.8 Å². The fraction of sp³-hybridized carbons (Fsp3) is 0.160. The highest BCUT2D eigenvalue weighted by molar-refractivity contribution is 7.99. The average Bonchev–Trinajstić information content (AvgIpc) is 3.41. The molecule has 0 atom stereocenters. The van der Waals surface area contributed by atoms with Crippen LogP contribution in [0.3, 0.4) is 0 Å². The first-order chi connectivity index (χ1) is 15.8. The number of nitrogens with zero attached hydrogens (tertiary/aromatic N) is 4. The number of carbonyl (C=O) groups is 1. The van der Waals surface area contributed by atoms with E-state index < -0.39 is 0 Å². The van der Waals surface area contributed by atoms with E-state index in [0.29, 0.717) is 18.8 Å². The predicted molar refractivity (Wildman–Crippen MR) is 131 cm³/mol. The van der Waals surface area contributed by atoms with Crippen molar-refractivity contribution in [1.29, 1.82) is 0 Å². The van der Waals surface area contributed by atoms with E-state index in [0.717, 1.165) is 27.6 Å². The van der Waals surface area contributed by atoms with E-state index in [-0.39, 0.29) is 5.91 Å². The predicted octanol–water partition coefficient (Wildman–Crippen LogP) is 5.31. The van der Waals surface area contributed by atoms with Crippen LogP contribution >= 0.6 is 23.1 Å². The van der Waals surface area contributed by atoms with Crippen molar-refractivity contribution in [2.45, 2.75) is 18.1 Å². The minimum absolute atomic E-state index is 0.103. The quantitative estimate of drug-likeness (QED) is 0.296. The molecule has 0 saturated carbocycles. The van der Waals surface area contributed by atoms with E-state index in [9.17, 15) is 4.79 Å². The molecule has 32 heavy (non-hydrogen) atoms. The van der Waals surface area contributed by atoms with Gasteiger partial charge in [-0.2, -0.15) is 0 Å². The highest BCUT2D eigenvalue weighted by atomic mass is 32.2. The van der Waals surface area contributed by atoms with Gasteiger partial charge in [0.05, 0.1) is 16.0 Å². The second-order valence-corrected chi connectivity index (χ2v) is 9.45. The fourth-order valence-electron chi connectivity index (χ4n) is 3.67. The van der Waals surface area contributed by atoms with Crippen molar-refractivity contribution in [3.8, 4) is 0 Å². The molecule has 5 aromatic rings. The lowest BCUT2D eigenvalue weighted by Crippen LogP contribution is -2.33. The number of thiazole rings is 1. The molecule has 0 aliphatic carbocycles. The van der Waals surface area contributed by atoms with Gasteiger partial charge < -0.3 is 4.90 Å². The molecule has 5 rings (SSSR count). The van der Waals surface area contributed by atoms with Crippen LogP contribution in [0.2, 0.25) is 0 Å². The molecular formula is C25H22N4OS2. The minimum atomic E-state index is 0.103. The van der Waals surface area contributed by atoms with Gasteiger partial charge in [0.25, 0.3) is 0 Å². The molecule has 0 spiro atoms. The fourth-order valence-corrected chi connectivity index (χ4v) is 5.54. The molecule has 0 bridgehead atoms. The summed E-state index contributed by atoms with van der Waals surface area (Å²) in [5.41, 5.74) is 3.44. The minimum Gasteiger partial charge on any atom is -0.337 e. The van der Waals surface area contributed by atoms with Gasteiger partial charge in [0.2, 0.25) is 10.9 Å².